The highest BCUT2D eigenvalue weighted by molar-refractivity contribution is 5.83. The molecule has 0 spiro atoms. The maximum Gasteiger partial charge on any atom is 0.138 e. The SMILES string of the molecule is CC(O)c1nc2ccccc2n1CCCOc1ccc2ccccc2c1. The van der Waals surface area contributed by atoms with E-state index in [-0.39, 0.29) is 0 Å². The van der Waals surface area contributed by atoms with Crippen LogP contribution in [0.25, 0.3) is 21.8 Å². The lowest BCUT2D eigenvalue weighted by Gasteiger charge is -2.12. The number of nitrogens with zero attached hydrogens (tertiary/aromatic N) is 2. The summed E-state index contributed by atoms with van der Waals surface area (Å²) >= 11 is 0. The summed E-state index contributed by atoms with van der Waals surface area (Å²) < 4.78 is 8.02. The summed E-state index contributed by atoms with van der Waals surface area (Å²) in [6, 6.07) is 22.4. The van der Waals surface area contributed by atoms with Gasteiger partial charge in [0.15, 0.2) is 0 Å². The van der Waals surface area contributed by atoms with Crippen molar-refractivity contribution in [3.63, 3.8) is 0 Å². The Morgan fingerprint density at radius 3 is 2.62 bits per heavy atom. The van der Waals surface area contributed by atoms with Gasteiger partial charge in [0, 0.05) is 6.54 Å². The lowest BCUT2D eigenvalue weighted by molar-refractivity contribution is 0.183. The van der Waals surface area contributed by atoms with Gasteiger partial charge in [-0.05, 0) is 48.4 Å². The molecule has 4 aromatic rings. The minimum atomic E-state index is -0.594. The third kappa shape index (κ3) is 3.28. The summed E-state index contributed by atoms with van der Waals surface area (Å²) in [5.41, 5.74) is 1.97. The highest BCUT2D eigenvalue weighted by Crippen LogP contribution is 2.22. The van der Waals surface area contributed by atoms with Gasteiger partial charge in [-0.25, -0.2) is 4.98 Å². The number of aliphatic hydroxyl groups excluding tert-OH is 1. The first-order valence-corrected chi connectivity index (χ1v) is 8.97. The second-order valence-corrected chi connectivity index (χ2v) is 6.50. The Kier molecular flexibility index (Phi) is 4.59. The van der Waals surface area contributed by atoms with E-state index in [2.05, 4.69) is 33.8 Å². The Bertz CT molecular complexity index is 1040. The molecule has 1 unspecified atom stereocenters. The van der Waals surface area contributed by atoms with Crippen molar-refractivity contribution >= 4 is 21.8 Å². The Morgan fingerprint density at radius 1 is 1.00 bits per heavy atom. The zero-order valence-electron chi connectivity index (χ0n) is 14.8. The number of aryl methyl sites for hydroxylation is 1. The number of rotatable bonds is 6. The molecule has 4 rings (SSSR count). The molecule has 4 heteroatoms. The molecule has 0 amide bonds. The number of hydrogen-bond acceptors (Lipinski definition) is 3. The normalized spacial score (nSPS) is 12.5. The number of aromatic nitrogens is 2. The van der Waals surface area contributed by atoms with Crippen molar-refractivity contribution in [2.45, 2.75) is 26.0 Å². The fourth-order valence-electron chi connectivity index (χ4n) is 3.32. The molecule has 132 valence electrons. The van der Waals surface area contributed by atoms with Crippen LogP contribution in [0.15, 0.2) is 66.7 Å². The third-order valence-electron chi connectivity index (χ3n) is 4.57. The molecule has 0 radical (unpaired) electrons. The van der Waals surface area contributed by atoms with Crippen LogP contribution in [0.3, 0.4) is 0 Å². The van der Waals surface area contributed by atoms with E-state index in [1.807, 2.05) is 42.5 Å². The van der Waals surface area contributed by atoms with Crippen molar-refractivity contribution in [1.29, 1.82) is 0 Å². The first kappa shape index (κ1) is 16.6. The molecule has 1 N–H and O–H groups in total. The van der Waals surface area contributed by atoms with Gasteiger partial charge in [0.1, 0.15) is 17.7 Å². The molecule has 0 aliphatic rings. The Balaban J connectivity index is 1.44. The van der Waals surface area contributed by atoms with Crippen molar-refractivity contribution in [2.75, 3.05) is 6.61 Å². The van der Waals surface area contributed by atoms with Crippen LogP contribution in [0.2, 0.25) is 0 Å². The number of ether oxygens (including phenoxy) is 1. The molecule has 1 heterocycles. The maximum atomic E-state index is 10.0. The van der Waals surface area contributed by atoms with E-state index < -0.39 is 6.10 Å². The molecule has 4 nitrogen and oxygen atoms in total. The molecule has 3 aromatic carbocycles. The Morgan fingerprint density at radius 2 is 1.77 bits per heavy atom. The monoisotopic (exact) mass is 346 g/mol. The van der Waals surface area contributed by atoms with Crippen LogP contribution < -0.4 is 4.74 Å². The van der Waals surface area contributed by atoms with Gasteiger partial charge in [-0.3, -0.25) is 0 Å². The number of benzene rings is 3. The van der Waals surface area contributed by atoms with E-state index in [0.29, 0.717) is 12.4 Å². The largest absolute Gasteiger partial charge is 0.494 e. The fourth-order valence-corrected chi connectivity index (χ4v) is 3.32. The molecular weight excluding hydrogens is 324 g/mol. The van der Waals surface area contributed by atoms with Gasteiger partial charge in [-0.15, -0.1) is 0 Å². The number of hydrogen-bond donors (Lipinski definition) is 1. The fraction of sp³-hybridized carbons (Fsp3) is 0.227. The van der Waals surface area contributed by atoms with Gasteiger partial charge in [0.25, 0.3) is 0 Å². The van der Waals surface area contributed by atoms with E-state index in [1.165, 1.54) is 10.8 Å². The van der Waals surface area contributed by atoms with Crippen LogP contribution in [0.5, 0.6) is 5.75 Å². The average Bonchev–Trinajstić information content (AvgIpc) is 3.04. The predicted molar refractivity (Wildman–Crippen MR) is 104 cm³/mol. The Hall–Kier alpha value is -2.85. The predicted octanol–water partition coefficient (Wildman–Crippen LogP) is 4.71. The van der Waals surface area contributed by atoms with Gasteiger partial charge < -0.3 is 14.4 Å². The van der Waals surface area contributed by atoms with Gasteiger partial charge in [0.2, 0.25) is 0 Å². The molecule has 0 saturated carbocycles. The number of aliphatic hydroxyl groups is 1. The lowest BCUT2D eigenvalue weighted by Crippen LogP contribution is -2.09. The molecule has 0 bridgehead atoms. The number of imidazole rings is 1. The van der Waals surface area contributed by atoms with Crippen LogP contribution in [0, 0.1) is 0 Å². The molecule has 1 aromatic heterocycles. The molecule has 1 atom stereocenters. The topological polar surface area (TPSA) is 47.3 Å². The van der Waals surface area contributed by atoms with E-state index in [1.54, 1.807) is 6.92 Å². The minimum absolute atomic E-state index is 0.594. The second-order valence-electron chi connectivity index (χ2n) is 6.50. The van der Waals surface area contributed by atoms with Crippen LogP contribution in [0.1, 0.15) is 25.3 Å². The smallest absolute Gasteiger partial charge is 0.138 e. The van der Waals surface area contributed by atoms with Crippen LogP contribution >= 0.6 is 0 Å². The lowest BCUT2D eigenvalue weighted by atomic mass is 10.1. The standard InChI is InChI=1S/C22H22N2O2/c1-16(25)22-23-20-9-4-5-10-21(20)24(22)13-6-14-26-19-12-11-17-7-2-3-8-18(17)15-19/h2-5,7-12,15-16,25H,6,13-14H2,1H3. The van der Waals surface area contributed by atoms with Gasteiger partial charge >= 0.3 is 0 Å². The van der Waals surface area contributed by atoms with Crippen molar-refractivity contribution in [1.82, 2.24) is 9.55 Å². The second kappa shape index (κ2) is 7.18. The molecule has 0 aliphatic heterocycles. The van der Waals surface area contributed by atoms with Gasteiger partial charge in [-0.1, -0.05) is 42.5 Å². The zero-order valence-corrected chi connectivity index (χ0v) is 14.8. The van der Waals surface area contributed by atoms with Gasteiger partial charge in [-0.2, -0.15) is 0 Å². The zero-order chi connectivity index (χ0) is 17.9. The van der Waals surface area contributed by atoms with E-state index in [4.69, 9.17) is 4.74 Å². The first-order valence-electron chi connectivity index (χ1n) is 8.97. The van der Waals surface area contributed by atoms with Crippen LogP contribution in [-0.2, 0) is 6.54 Å². The molecule has 0 aliphatic carbocycles. The summed E-state index contributed by atoms with van der Waals surface area (Å²) in [5.74, 6) is 1.59. The quantitative estimate of drug-likeness (QED) is 0.514. The van der Waals surface area contributed by atoms with E-state index in [0.717, 1.165) is 29.7 Å². The minimum Gasteiger partial charge on any atom is -0.494 e. The van der Waals surface area contributed by atoms with Crippen molar-refractivity contribution in [3.05, 3.63) is 72.6 Å². The first-order chi connectivity index (χ1) is 12.7. The molecule has 0 fully saturated rings. The molecule has 26 heavy (non-hydrogen) atoms. The van der Waals surface area contributed by atoms with Crippen LogP contribution in [0.4, 0.5) is 0 Å². The number of para-hydroxylation sites is 2. The van der Waals surface area contributed by atoms with Gasteiger partial charge in [0.05, 0.1) is 17.6 Å². The molecule has 0 saturated heterocycles. The summed E-state index contributed by atoms with van der Waals surface area (Å²) in [6.45, 7) is 3.13. The van der Waals surface area contributed by atoms with E-state index in [9.17, 15) is 5.11 Å². The summed E-state index contributed by atoms with van der Waals surface area (Å²) in [6.07, 6.45) is 0.246. The average molecular weight is 346 g/mol. The number of fused-ring (bicyclic) bond motifs is 2. The summed E-state index contributed by atoms with van der Waals surface area (Å²) in [7, 11) is 0. The summed E-state index contributed by atoms with van der Waals surface area (Å²) in [5, 5.41) is 12.4. The van der Waals surface area contributed by atoms with E-state index >= 15 is 0 Å². The van der Waals surface area contributed by atoms with Crippen molar-refractivity contribution < 1.29 is 9.84 Å². The van der Waals surface area contributed by atoms with Crippen LogP contribution in [-0.4, -0.2) is 21.3 Å². The molecular formula is C22H22N2O2. The Labute approximate surface area is 152 Å². The van der Waals surface area contributed by atoms with Crippen molar-refractivity contribution in [2.24, 2.45) is 0 Å². The summed E-state index contributed by atoms with van der Waals surface area (Å²) in [4.78, 5) is 4.56. The highest BCUT2D eigenvalue weighted by Gasteiger charge is 2.14. The third-order valence-corrected chi connectivity index (χ3v) is 4.57. The van der Waals surface area contributed by atoms with Crippen molar-refractivity contribution in [3.8, 4) is 5.75 Å². The highest BCUT2D eigenvalue weighted by atomic mass is 16.5. The maximum absolute atomic E-state index is 10.0.